The van der Waals surface area contributed by atoms with Crippen molar-refractivity contribution in [2.45, 2.75) is 25.6 Å². The highest BCUT2D eigenvalue weighted by atomic mass is 19.4. The van der Waals surface area contributed by atoms with Crippen molar-refractivity contribution in [3.63, 3.8) is 0 Å². The number of phenols is 1. The van der Waals surface area contributed by atoms with Gasteiger partial charge in [-0.3, -0.25) is 4.79 Å². The Morgan fingerprint density at radius 3 is 2.35 bits per heavy atom. The Morgan fingerprint density at radius 2 is 1.90 bits per heavy atom. The molecule has 0 aliphatic rings. The van der Waals surface area contributed by atoms with Crippen molar-refractivity contribution < 1.29 is 23.1 Å². The van der Waals surface area contributed by atoms with Gasteiger partial charge in [0, 0.05) is 6.54 Å². The van der Waals surface area contributed by atoms with Crippen molar-refractivity contribution >= 4 is 5.91 Å². The number of benzene rings is 1. The molecular weight excluding hydrogens is 273 g/mol. The molecule has 1 aromatic rings. The fourth-order valence-electron chi connectivity index (χ4n) is 1.77. The zero-order valence-corrected chi connectivity index (χ0v) is 11.0. The van der Waals surface area contributed by atoms with Gasteiger partial charge in [-0.2, -0.15) is 13.2 Å². The molecular formula is C13H17F3N2O2. The van der Waals surface area contributed by atoms with Crippen molar-refractivity contribution in [2.75, 3.05) is 13.1 Å². The molecule has 0 bridgehead atoms. The Labute approximate surface area is 115 Å². The van der Waals surface area contributed by atoms with E-state index in [9.17, 15) is 18.0 Å². The standard InChI is InChI=1S/C13H17F3N2O2/c1-2-18(8-13(14,15)16)12(20)11(17)7-9-3-5-10(19)6-4-9/h3-6,11,19H,2,7-8,17H2,1H3. The molecule has 1 unspecified atom stereocenters. The van der Waals surface area contributed by atoms with Gasteiger partial charge in [0.25, 0.3) is 0 Å². The monoisotopic (exact) mass is 290 g/mol. The number of carbonyl (C=O) groups is 1. The number of hydrogen-bond donors (Lipinski definition) is 2. The lowest BCUT2D eigenvalue weighted by molar-refractivity contribution is -0.161. The van der Waals surface area contributed by atoms with E-state index in [1.54, 1.807) is 12.1 Å². The van der Waals surface area contributed by atoms with Crippen LogP contribution in [-0.4, -0.2) is 41.2 Å². The molecule has 1 amide bonds. The van der Waals surface area contributed by atoms with E-state index < -0.39 is 24.7 Å². The van der Waals surface area contributed by atoms with Gasteiger partial charge in [0.2, 0.25) is 5.91 Å². The maximum Gasteiger partial charge on any atom is 0.406 e. The second kappa shape index (κ2) is 6.60. The van der Waals surface area contributed by atoms with Crippen LogP contribution in [-0.2, 0) is 11.2 Å². The first kappa shape index (κ1) is 16.3. The van der Waals surface area contributed by atoms with E-state index in [-0.39, 0.29) is 18.7 Å². The summed E-state index contributed by atoms with van der Waals surface area (Å²) in [6.07, 6.45) is -4.32. The zero-order valence-electron chi connectivity index (χ0n) is 11.0. The van der Waals surface area contributed by atoms with Crippen LogP contribution >= 0.6 is 0 Å². The average Bonchev–Trinajstić information content (AvgIpc) is 2.36. The number of halogens is 3. The van der Waals surface area contributed by atoms with Crippen LogP contribution in [0.15, 0.2) is 24.3 Å². The molecule has 4 nitrogen and oxygen atoms in total. The molecule has 0 spiro atoms. The van der Waals surface area contributed by atoms with Crippen LogP contribution in [0.2, 0.25) is 0 Å². The van der Waals surface area contributed by atoms with Gasteiger partial charge in [-0.1, -0.05) is 12.1 Å². The molecule has 0 aliphatic carbocycles. The van der Waals surface area contributed by atoms with Crippen molar-refractivity contribution in [3.05, 3.63) is 29.8 Å². The number of nitrogens with two attached hydrogens (primary N) is 1. The minimum Gasteiger partial charge on any atom is -0.508 e. The third-order valence-electron chi connectivity index (χ3n) is 2.77. The molecule has 0 aliphatic heterocycles. The van der Waals surface area contributed by atoms with E-state index in [2.05, 4.69) is 0 Å². The van der Waals surface area contributed by atoms with Crippen LogP contribution < -0.4 is 5.73 Å². The number of nitrogens with zero attached hydrogens (tertiary/aromatic N) is 1. The summed E-state index contributed by atoms with van der Waals surface area (Å²) in [5.74, 6) is -0.668. The minimum absolute atomic E-state index is 0.0539. The summed E-state index contributed by atoms with van der Waals surface area (Å²) in [6.45, 7) is 0.115. The summed E-state index contributed by atoms with van der Waals surface area (Å²) in [5, 5.41) is 9.12. The van der Waals surface area contributed by atoms with Crippen LogP contribution in [0.4, 0.5) is 13.2 Å². The van der Waals surface area contributed by atoms with Crippen molar-refractivity contribution in [2.24, 2.45) is 5.73 Å². The molecule has 1 atom stereocenters. The Balaban J connectivity index is 2.67. The lowest BCUT2D eigenvalue weighted by atomic mass is 10.1. The van der Waals surface area contributed by atoms with Crippen LogP contribution in [0.5, 0.6) is 5.75 Å². The largest absolute Gasteiger partial charge is 0.508 e. The van der Waals surface area contributed by atoms with Crippen LogP contribution in [0, 0.1) is 0 Å². The van der Waals surface area contributed by atoms with Gasteiger partial charge in [-0.25, -0.2) is 0 Å². The van der Waals surface area contributed by atoms with Crippen LogP contribution in [0.1, 0.15) is 12.5 Å². The van der Waals surface area contributed by atoms with Crippen molar-refractivity contribution in [3.8, 4) is 5.75 Å². The molecule has 0 saturated carbocycles. The maximum atomic E-state index is 12.3. The topological polar surface area (TPSA) is 66.6 Å². The number of hydrogen-bond acceptors (Lipinski definition) is 3. The zero-order chi connectivity index (χ0) is 15.3. The summed E-state index contributed by atoms with van der Waals surface area (Å²) in [6, 6.07) is 4.96. The highest BCUT2D eigenvalue weighted by molar-refractivity contribution is 5.82. The summed E-state index contributed by atoms with van der Waals surface area (Å²) >= 11 is 0. The van der Waals surface area contributed by atoms with Gasteiger partial charge in [-0.05, 0) is 31.0 Å². The minimum atomic E-state index is -4.44. The van der Waals surface area contributed by atoms with Crippen molar-refractivity contribution in [1.82, 2.24) is 4.90 Å². The predicted octanol–water partition coefficient (Wildman–Crippen LogP) is 1.67. The second-order valence-corrected chi connectivity index (χ2v) is 4.44. The third-order valence-corrected chi connectivity index (χ3v) is 2.77. The predicted molar refractivity (Wildman–Crippen MR) is 68.1 cm³/mol. The molecule has 0 aromatic heterocycles. The molecule has 20 heavy (non-hydrogen) atoms. The van der Waals surface area contributed by atoms with E-state index in [1.165, 1.54) is 19.1 Å². The maximum absolute atomic E-state index is 12.3. The molecule has 112 valence electrons. The van der Waals surface area contributed by atoms with Crippen LogP contribution in [0.3, 0.4) is 0 Å². The molecule has 0 radical (unpaired) electrons. The number of aromatic hydroxyl groups is 1. The molecule has 0 heterocycles. The molecule has 1 aromatic carbocycles. The fraction of sp³-hybridized carbons (Fsp3) is 0.462. The van der Waals surface area contributed by atoms with Crippen molar-refractivity contribution in [1.29, 1.82) is 0 Å². The Kier molecular flexibility index (Phi) is 5.38. The lowest BCUT2D eigenvalue weighted by Crippen LogP contribution is -2.48. The lowest BCUT2D eigenvalue weighted by Gasteiger charge is -2.25. The Hall–Kier alpha value is -1.76. The Morgan fingerprint density at radius 1 is 1.35 bits per heavy atom. The van der Waals surface area contributed by atoms with E-state index >= 15 is 0 Å². The average molecular weight is 290 g/mol. The van der Waals surface area contributed by atoms with Gasteiger partial charge in [0.05, 0.1) is 6.04 Å². The highest BCUT2D eigenvalue weighted by Crippen LogP contribution is 2.17. The molecule has 0 fully saturated rings. The van der Waals surface area contributed by atoms with E-state index in [1.807, 2.05) is 0 Å². The molecule has 7 heteroatoms. The first-order valence-corrected chi connectivity index (χ1v) is 6.12. The summed E-state index contributed by atoms with van der Waals surface area (Å²) < 4.78 is 37.0. The number of amides is 1. The third kappa shape index (κ3) is 5.08. The Bertz CT molecular complexity index is 446. The van der Waals surface area contributed by atoms with Gasteiger partial charge in [-0.15, -0.1) is 0 Å². The number of alkyl halides is 3. The number of phenolic OH excluding ortho intramolecular Hbond substituents is 1. The van der Waals surface area contributed by atoms with Gasteiger partial charge in [0.1, 0.15) is 12.3 Å². The molecule has 1 rings (SSSR count). The van der Waals surface area contributed by atoms with Crippen LogP contribution in [0.25, 0.3) is 0 Å². The van der Waals surface area contributed by atoms with Gasteiger partial charge < -0.3 is 15.7 Å². The summed E-state index contributed by atoms with van der Waals surface area (Å²) in [5.41, 5.74) is 6.33. The number of rotatable bonds is 5. The van der Waals surface area contributed by atoms with E-state index in [0.717, 1.165) is 0 Å². The normalized spacial score (nSPS) is 13.1. The van der Waals surface area contributed by atoms with Gasteiger partial charge >= 0.3 is 6.18 Å². The van der Waals surface area contributed by atoms with Gasteiger partial charge in [0.15, 0.2) is 0 Å². The number of likely N-dealkylation sites (N-methyl/N-ethyl adjacent to an activating group) is 1. The highest BCUT2D eigenvalue weighted by Gasteiger charge is 2.33. The number of carbonyl (C=O) groups excluding carboxylic acids is 1. The van der Waals surface area contributed by atoms with E-state index in [4.69, 9.17) is 10.8 Å². The molecule has 0 saturated heterocycles. The quantitative estimate of drug-likeness (QED) is 0.867. The smallest absolute Gasteiger partial charge is 0.406 e. The summed E-state index contributed by atoms with van der Waals surface area (Å²) in [7, 11) is 0. The first-order chi connectivity index (χ1) is 9.23. The first-order valence-electron chi connectivity index (χ1n) is 6.12. The summed E-state index contributed by atoms with van der Waals surface area (Å²) in [4.78, 5) is 12.6. The second-order valence-electron chi connectivity index (χ2n) is 4.44. The van der Waals surface area contributed by atoms with E-state index in [0.29, 0.717) is 10.5 Å². The fourth-order valence-corrected chi connectivity index (χ4v) is 1.77. The SMILES string of the molecule is CCN(CC(F)(F)F)C(=O)C(N)Cc1ccc(O)cc1. The molecule has 3 N–H and O–H groups in total.